The molecule has 0 N–H and O–H groups in total. The van der Waals surface area contributed by atoms with Gasteiger partial charge in [0.2, 0.25) is 5.71 Å². The van der Waals surface area contributed by atoms with E-state index in [9.17, 15) is 0 Å². The predicted molar refractivity (Wildman–Crippen MR) is 125 cm³/mol. The molecule has 0 unspecified atom stereocenters. The van der Waals surface area contributed by atoms with Gasteiger partial charge in [-0.15, -0.1) is 0 Å². The molecule has 0 bridgehead atoms. The van der Waals surface area contributed by atoms with Crippen LogP contribution in [-0.4, -0.2) is 62.3 Å². The number of nitrogens with zero attached hydrogens (tertiary/aromatic N) is 4. The summed E-state index contributed by atoms with van der Waals surface area (Å²) in [5.41, 5.74) is 3.56. The second-order valence-corrected chi connectivity index (χ2v) is 7.93. The fourth-order valence-electron chi connectivity index (χ4n) is 4.15. The lowest BCUT2D eigenvalue weighted by atomic mass is 9.99. The van der Waals surface area contributed by atoms with Gasteiger partial charge in [-0.05, 0) is 49.0 Å². The molecule has 2 aromatic heterocycles. The Morgan fingerprint density at radius 1 is 0.781 bits per heavy atom. The lowest BCUT2D eigenvalue weighted by molar-refractivity contribution is 0.312. The number of fused-ring (bicyclic) bond motifs is 1. The van der Waals surface area contributed by atoms with Crippen molar-refractivity contribution in [2.45, 2.75) is 0 Å². The quantitative estimate of drug-likeness (QED) is 0.467. The number of ether oxygens (including phenoxy) is 2. The second-order valence-electron chi connectivity index (χ2n) is 7.93. The molecule has 7 nitrogen and oxygen atoms in total. The normalized spacial score (nSPS) is 14.7. The van der Waals surface area contributed by atoms with Crippen LogP contribution >= 0.6 is 0 Å². The van der Waals surface area contributed by atoms with E-state index in [1.807, 2.05) is 36.4 Å². The Labute approximate surface area is 187 Å². The van der Waals surface area contributed by atoms with Crippen molar-refractivity contribution < 1.29 is 13.9 Å². The molecule has 0 spiro atoms. The van der Waals surface area contributed by atoms with E-state index >= 15 is 0 Å². The molecule has 1 aliphatic rings. The van der Waals surface area contributed by atoms with Crippen molar-refractivity contribution in [3.63, 3.8) is 0 Å². The van der Waals surface area contributed by atoms with Crippen LogP contribution in [0.4, 0.5) is 5.82 Å². The molecule has 4 aromatic rings. The minimum absolute atomic E-state index is 0.588. The first-order valence-corrected chi connectivity index (χ1v) is 10.7. The summed E-state index contributed by atoms with van der Waals surface area (Å²) >= 11 is 0. The lowest BCUT2D eigenvalue weighted by Crippen LogP contribution is -2.44. The van der Waals surface area contributed by atoms with Crippen LogP contribution in [0.3, 0.4) is 0 Å². The largest absolute Gasteiger partial charge is 0.497 e. The molecule has 1 saturated heterocycles. The van der Waals surface area contributed by atoms with Gasteiger partial charge in [0, 0.05) is 37.3 Å². The van der Waals surface area contributed by atoms with E-state index < -0.39 is 0 Å². The molecule has 5 rings (SSSR count). The molecule has 0 radical (unpaired) electrons. The molecule has 32 heavy (non-hydrogen) atoms. The molecule has 1 aliphatic heterocycles. The number of aromatic nitrogens is 2. The number of hydrogen-bond donors (Lipinski definition) is 0. The molecular formula is C25H26N4O3. The summed E-state index contributed by atoms with van der Waals surface area (Å²) in [6.45, 7) is 3.81. The van der Waals surface area contributed by atoms with Gasteiger partial charge in [0.05, 0.1) is 19.6 Å². The topological polar surface area (TPSA) is 63.9 Å². The van der Waals surface area contributed by atoms with Gasteiger partial charge < -0.3 is 23.7 Å². The maximum absolute atomic E-state index is 6.36. The fourth-order valence-corrected chi connectivity index (χ4v) is 4.15. The smallest absolute Gasteiger partial charge is 0.232 e. The highest BCUT2D eigenvalue weighted by molar-refractivity contribution is 6.06. The summed E-state index contributed by atoms with van der Waals surface area (Å²) in [6.07, 6.45) is 1.59. The van der Waals surface area contributed by atoms with Crippen LogP contribution in [0.2, 0.25) is 0 Å². The van der Waals surface area contributed by atoms with Gasteiger partial charge >= 0.3 is 0 Å². The van der Waals surface area contributed by atoms with Crippen LogP contribution in [0.25, 0.3) is 33.6 Å². The zero-order valence-electron chi connectivity index (χ0n) is 18.5. The Morgan fingerprint density at radius 2 is 1.38 bits per heavy atom. The average Bonchev–Trinajstić information content (AvgIpc) is 3.24. The third-order valence-corrected chi connectivity index (χ3v) is 6.00. The van der Waals surface area contributed by atoms with E-state index in [0.717, 1.165) is 71.3 Å². The number of anilines is 1. The molecule has 0 amide bonds. The number of rotatable bonds is 5. The molecule has 7 heteroatoms. The summed E-state index contributed by atoms with van der Waals surface area (Å²) in [4.78, 5) is 13.8. The van der Waals surface area contributed by atoms with Crippen LogP contribution in [0.15, 0.2) is 59.3 Å². The summed E-state index contributed by atoms with van der Waals surface area (Å²) in [7, 11) is 5.48. The van der Waals surface area contributed by atoms with E-state index in [1.54, 1.807) is 20.5 Å². The molecule has 1 fully saturated rings. The highest BCUT2D eigenvalue weighted by Crippen LogP contribution is 2.44. The number of hydrogen-bond acceptors (Lipinski definition) is 7. The van der Waals surface area contributed by atoms with Crippen molar-refractivity contribution in [2.24, 2.45) is 0 Å². The Kier molecular flexibility index (Phi) is 5.41. The van der Waals surface area contributed by atoms with E-state index in [4.69, 9.17) is 18.9 Å². The minimum atomic E-state index is 0.588. The summed E-state index contributed by atoms with van der Waals surface area (Å²) < 4.78 is 17.1. The molecule has 0 saturated carbocycles. The van der Waals surface area contributed by atoms with Crippen molar-refractivity contribution in [2.75, 3.05) is 52.3 Å². The lowest BCUT2D eigenvalue weighted by Gasteiger charge is -2.33. The van der Waals surface area contributed by atoms with Crippen LogP contribution in [-0.2, 0) is 0 Å². The Morgan fingerprint density at radius 3 is 1.97 bits per heavy atom. The van der Waals surface area contributed by atoms with E-state index in [0.29, 0.717) is 5.71 Å². The van der Waals surface area contributed by atoms with Crippen molar-refractivity contribution in [3.8, 4) is 33.9 Å². The van der Waals surface area contributed by atoms with Gasteiger partial charge in [-0.25, -0.2) is 9.97 Å². The Balaban J connectivity index is 1.72. The number of likely N-dealkylation sites (N-methyl/N-ethyl adjacent to an activating group) is 1. The van der Waals surface area contributed by atoms with Crippen molar-refractivity contribution in [3.05, 3.63) is 54.9 Å². The molecule has 0 aliphatic carbocycles. The third kappa shape index (κ3) is 3.65. The van der Waals surface area contributed by atoms with Crippen LogP contribution in [0.5, 0.6) is 11.5 Å². The SMILES string of the molecule is COc1ccc(-c2oc3ncnc(N4CCN(C)CC4)c3c2-c2ccc(OC)cc2)cc1. The molecule has 2 aromatic carbocycles. The summed E-state index contributed by atoms with van der Waals surface area (Å²) in [6, 6.07) is 15.9. The first kappa shape index (κ1) is 20.3. The van der Waals surface area contributed by atoms with Crippen LogP contribution in [0, 0.1) is 0 Å². The molecule has 164 valence electrons. The first-order valence-electron chi connectivity index (χ1n) is 10.7. The number of benzene rings is 2. The Bertz CT molecular complexity index is 1210. The highest BCUT2D eigenvalue weighted by atomic mass is 16.5. The average molecular weight is 431 g/mol. The maximum atomic E-state index is 6.36. The van der Waals surface area contributed by atoms with E-state index in [1.165, 1.54) is 0 Å². The van der Waals surface area contributed by atoms with Crippen LogP contribution in [0.1, 0.15) is 0 Å². The van der Waals surface area contributed by atoms with Gasteiger partial charge in [0.15, 0.2) is 0 Å². The zero-order valence-corrected chi connectivity index (χ0v) is 18.5. The first-order chi connectivity index (χ1) is 15.7. The minimum Gasteiger partial charge on any atom is -0.497 e. The van der Waals surface area contributed by atoms with Gasteiger partial charge in [0.1, 0.15) is 29.4 Å². The van der Waals surface area contributed by atoms with E-state index in [2.05, 4.69) is 34.0 Å². The zero-order chi connectivity index (χ0) is 22.1. The van der Waals surface area contributed by atoms with Gasteiger partial charge in [0.25, 0.3) is 0 Å². The van der Waals surface area contributed by atoms with Crippen molar-refractivity contribution >= 4 is 16.9 Å². The monoisotopic (exact) mass is 430 g/mol. The van der Waals surface area contributed by atoms with Gasteiger partial charge in [-0.3, -0.25) is 0 Å². The molecule has 3 heterocycles. The standard InChI is InChI=1S/C25H26N4O3/c1-28-12-14-29(15-13-28)24-22-21(17-4-8-19(30-2)9-5-17)23(32-25(22)27-16-26-24)18-6-10-20(31-3)11-7-18/h4-11,16H,12-15H2,1-3H3. The third-order valence-electron chi connectivity index (χ3n) is 6.00. The molecule has 0 atom stereocenters. The van der Waals surface area contributed by atoms with Crippen molar-refractivity contribution in [1.82, 2.24) is 14.9 Å². The Hall–Kier alpha value is -3.58. The summed E-state index contributed by atoms with van der Waals surface area (Å²) in [5.74, 6) is 3.29. The number of methoxy groups -OCH3 is 2. The van der Waals surface area contributed by atoms with Crippen molar-refractivity contribution in [1.29, 1.82) is 0 Å². The fraction of sp³-hybridized carbons (Fsp3) is 0.280. The summed E-state index contributed by atoms with van der Waals surface area (Å²) in [5, 5.41) is 0.938. The highest BCUT2D eigenvalue weighted by Gasteiger charge is 2.26. The van der Waals surface area contributed by atoms with Gasteiger partial charge in [-0.2, -0.15) is 0 Å². The maximum Gasteiger partial charge on any atom is 0.232 e. The molecular weight excluding hydrogens is 404 g/mol. The van der Waals surface area contributed by atoms with Gasteiger partial charge in [-0.1, -0.05) is 12.1 Å². The second kappa shape index (κ2) is 8.51. The van der Waals surface area contributed by atoms with Crippen LogP contribution < -0.4 is 14.4 Å². The number of piperazine rings is 1. The number of furan rings is 1. The predicted octanol–water partition coefficient (Wildman–Crippen LogP) is 4.33. The van der Waals surface area contributed by atoms with E-state index in [-0.39, 0.29) is 0 Å².